The molecular weight excluding hydrogens is 264 g/mol. The van der Waals surface area contributed by atoms with Crippen LogP contribution in [0.5, 0.6) is 0 Å². The number of aromatic nitrogens is 3. The predicted molar refractivity (Wildman–Crippen MR) is 74.5 cm³/mol. The summed E-state index contributed by atoms with van der Waals surface area (Å²) in [4.78, 5) is 16.2. The quantitative estimate of drug-likeness (QED) is 0.935. The van der Waals surface area contributed by atoms with Crippen LogP contribution in [0.4, 0.5) is 5.69 Å². The lowest BCUT2D eigenvalue weighted by Gasteiger charge is -2.07. The van der Waals surface area contributed by atoms with Crippen LogP contribution < -0.4 is 5.32 Å². The molecule has 0 aliphatic heterocycles. The first kappa shape index (κ1) is 13.5. The molecule has 2 rings (SSSR count). The smallest absolute Gasteiger partial charge is 0.274 e. The van der Waals surface area contributed by atoms with E-state index < -0.39 is 0 Å². The fourth-order valence-corrected chi connectivity index (χ4v) is 1.87. The molecule has 0 aromatic carbocycles. The van der Waals surface area contributed by atoms with Gasteiger partial charge in [0.2, 0.25) is 0 Å². The molecule has 2 aromatic rings. The van der Waals surface area contributed by atoms with Gasteiger partial charge in [0.25, 0.3) is 5.91 Å². The third kappa shape index (κ3) is 2.93. The van der Waals surface area contributed by atoms with E-state index >= 15 is 0 Å². The third-order valence-electron chi connectivity index (χ3n) is 2.74. The highest BCUT2D eigenvalue weighted by Gasteiger charge is 2.15. The van der Waals surface area contributed by atoms with Crippen molar-refractivity contribution in [2.45, 2.75) is 26.8 Å². The Balaban J connectivity index is 2.25. The standard InChI is InChI=1S/C13H15ClN4O/c1-3-9-7-12(18(4-2)17-9)13(19)16-11-8-15-6-5-10(11)14/h5-8H,3-4H2,1-2H3,(H,16,19). The highest BCUT2D eigenvalue weighted by Crippen LogP contribution is 2.20. The number of rotatable bonds is 4. The fraction of sp³-hybridized carbons (Fsp3) is 0.308. The molecule has 0 aliphatic rings. The second kappa shape index (κ2) is 5.84. The average Bonchev–Trinajstić information content (AvgIpc) is 2.84. The van der Waals surface area contributed by atoms with Gasteiger partial charge in [0.15, 0.2) is 0 Å². The van der Waals surface area contributed by atoms with Gasteiger partial charge in [-0.3, -0.25) is 14.5 Å². The SMILES string of the molecule is CCc1cc(C(=O)Nc2cnccc2Cl)n(CC)n1. The summed E-state index contributed by atoms with van der Waals surface area (Å²) in [7, 11) is 0. The first-order valence-corrected chi connectivity index (χ1v) is 6.51. The van der Waals surface area contributed by atoms with Crippen molar-refractivity contribution in [2.24, 2.45) is 0 Å². The van der Waals surface area contributed by atoms with Gasteiger partial charge in [-0.25, -0.2) is 0 Å². The van der Waals surface area contributed by atoms with Gasteiger partial charge in [-0.1, -0.05) is 18.5 Å². The van der Waals surface area contributed by atoms with Crippen molar-refractivity contribution in [3.05, 3.63) is 40.9 Å². The Hall–Kier alpha value is -1.88. The Labute approximate surface area is 116 Å². The molecule has 5 nitrogen and oxygen atoms in total. The van der Waals surface area contributed by atoms with E-state index in [4.69, 9.17) is 11.6 Å². The van der Waals surface area contributed by atoms with E-state index in [9.17, 15) is 4.79 Å². The van der Waals surface area contributed by atoms with E-state index in [-0.39, 0.29) is 5.91 Å². The molecule has 0 saturated heterocycles. The summed E-state index contributed by atoms with van der Waals surface area (Å²) in [6, 6.07) is 3.43. The number of halogens is 1. The van der Waals surface area contributed by atoms with Gasteiger partial charge in [-0.05, 0) is 25.5 Å². The highest BCUT2D eigenvalue weighted by atomic mass is 35.5. The minimum atomic E-state index is -0.232. The Morgan fingerprint density at radius 2 is 2.26 bits per heavy atom. The first-order chi connectivity index (χ1) is 9.15. The number of amides is 1. The van der Waals surface area contributed by atoms with Crippen molar-refractivity contribution in [2.75, 3.05) is 5.32 Å². The Morgan fingerprint density at radius 1 is 1.47 bits per heavy atom. The first-order valence-electron chi connectivity index (χ1n) is 6.13. The Morgan fingerprint density at radius 3 is 2.89 bits per heavy atom. The lowest BCUT2D eigenvalue weighted by molar-refractivity contribution is 0.101. The predicted octanol–water partition coefficient (Wildman–Crippen LogP) is 2.77. The van der Waals surface area contributed by atoms with E-state index in [2.05, 4.69) is 15.4 Å². The molecule has 0 bridgehead atoms. The zero-order valence-corrected chi connectivity index (χ0v) is 11.6. The molecule has 0 fully saturated rings. The van der Waals surface area contributed by atoms with Gasteiger partial charge in [0.05, 0.1) is 22.6 Å². The second-order valence-electron chi connectivity index (χ2n) is 4.00. The largest absolute Gasteiger partial charge is 0.318 e. The van der Waals surface area contributed by atoms with Gasteiger partial charge in [-0.15, -0.1) is 0 Å². The topological polar surface area (TPSA) is 59.8 Å². The van der Waals surface area contributed by atoms with Crippen molar-refractivity contribution in [3.63, 3.8) is 0 Å². The van der Waals surface area contributed by atoms with Gasteiger partial charge in [0, 0.05) is 12.7 Å². The second-order valence-corrected chi connectivity index (χ2v) is 4.41. The van der Waals surface area contributed by atoms with Crippen molar-refractivity contribution < 1.29 is 4.79 Å². The third-order valence-corrected chi connectivity index (χ3v) is 3.07. The van der Waals surface area contributed by atoms with Gasteiger partial charge >= 0.3 is 0 Å². The van der Waals surface area contributed by atoms with Crippen LogP contribution in [0.25, 0.3) is 0 Å². The lowest BCUT2D eigenvalue weighted by Crippen LogP contribution is -2.17. The molecule has 0 radical (unpaired) electrons. The summed E-state index contributed by atoms with van der Waals surface area (Å²) < 4.78 is 1.68. The van der Waals surface area contributed by atoms with Gasteiger partial charge in [0.1, 0.15) is 5.69 Å². The van der Waals surface area contributed by atoms with Crippen molar-refractivity contribution >= 4 is 23.2 Å². The van der Waals surface area contributed by atoms with Crippen molar-refractivity contribution in [1.82, 2.24) is 14.8 Å². The maximum atomic E-state index is 12.2. The summed E-state index contributed by atoms with van der Waals surface area (Å²) in [6.45, 7) is 4.59. The van der Waals surface area contributed by atoms with Gasteiger partial charge in [-0.2, -0.15) is 5.10 Å². The maximum Gasteiger partial charge on any atom is 0.274 e. The molecule has 0 unspecified atom stereocenters. The lowest BCUT2D eigenvalue weighted by atomic mass is 10.3. The van der Waals surface area contributed by atoms with E-state index in [0.717, 1.165) is 12.1 Å². The van der Waals surface area contributed by atoms with Crippen LogP contribution in [0, 0.1) is 0 Å². The molecular formula is C13H15ClN4O. The number of pyridine rings is 1. The molecule has 1 N–H and O–H groups in total. The van der Waals surface area contributed by atoms with E-state index in [1.54, 1.807) is 23.0 Å². The van der Waals surface area contributed by atoms with Crippen LogP contribution in [-0.2, 0) is 13.0 Å². The molecule has 0 spiro atoms. The number of aryl methyl sites for hydroxylation is 2. The summed E-state index contributed by atoms with van der Waals surface area (Å²) in [6.07, 6.45) is 3.89. The molecule has 0 aliphatic carbocycles. The molecule has 2 aromatic heterocycles. The Bertz CT molecular complexity index is 594. The number of carbonyl (C=O) groups excluding carboxylic acids is 1. The van der Waals surface area contributed by atoms with Gasteiger partial charge < -0.3 is 5.32 Å². The molecule has 1 amide bonds. The zero-order chi connectivity index (χ0) is 13.8. The maximum absolute atomic E-state index is 12.2. The number of nitrogens with one attached hydrogen (secondary N) is 1. The molecule has 0 saturated carbocycles. The molecule has 0 atom stereocenters. The number of nitrogens with zero attached hydrogens (tertiary/aromatic N) is 3. The van der Waals surface area contributed by atoms with Crippen LogP contribution in [-0.4, -0.2) is 20.7 Å². The van der Waals surface area contributed by atoms with Crippen LogP contribution in [0.1, 0.15) is 30.0 Å². The molecule has 19 heavy (non-hydrogen) atoms. The molecule has 2 heterocycles. The van der Waals surface area contributed by atoms with E-state index in [1.807, 2.05) is 13.8 Å². The summed E-state index contributed by atoms with van der Waals surface area (Å²) in [5, 5.41) is 7.54. The van der Waals surface area contributed by atoms with Crippen molar-refractivity contribution in [1.29, 1.82) is 0 Å². The fourth-order valence-electron chi connectivity index (χ4n) is 1.72. The normalized spacial score (nSPS) is 10.5. The highest BCUT2D eigenvalue weighted by molar-refractivity contribution is 6.33. The minimum absolute atomic E-state index is 0.232. The monoisotopic (exact) mass is 278 g/mol. The summed E-state index contributed by atoms with van der Waals surface area (Å²) >= 11 is 5.98. The van der Waals surface area contributed by atoms with Crippen molar-refractivity contribution in [3.8, 4) is 0 Å². The number of carbonyl (C=O) groups is 1. The minimum Gasteiger partial charge on any atom is -0.318 e. The summed E-state index contributed by atoms with van der Waals surface area (Å²) in [5.74, 6) is -0.232. The van der Waals surface area contributed by atoms with E-state index in [0.29, 0.717) is 22.9 Å². The Kier molecular flexibility index (Phi) is 4.16. The molecule has 100 valence electrons. The van der Waals surface area contributed by atoms with Crippen LogP contribution in [0.2, 0.25) is 5.02 Å². The average molecular weight is 279 g/mol. The van der Waals surface area contributed by atoms with Crippen LogP contribution in [0.15, 0.2) is 24.5 Å². The zero-order valence-electron chi connectivity index (χ0n) is 10.9. The number of hydrogen-bond donors (Lipinski definition) is 1. The summed E-state index contributed by atoms with van der Waals surface area (Å²) in [5.41, 5.74) is 1.92. The van der Waals surface area contributed by atoms with Crippen LogP contribution >= 0.6 is 11.6 Å². The van der Waals surface area contributed by atoms with Crippen LogP contribution in [0.3, 0.4) is 0 Å². The van der Waals surface area contributed by atoms with E-state index in [1.165, 1.54) is 6.20 Å². The number of anilines is 1. The molecule has 6 heteroatoms. The number of hydrogen-bond acceptors (Lipinski definition) is 3.